The zero-order chi connectivity index (χ0) is 21.3. The predicted octanol–water partition coefficient (Wildman–Crippen LogP) is 7.24. The number of nitrogens with one attached hydrogen (secondary N) is 1. The second-order valence-corrected chi connectivity index (χ2v) is 8.12. The SMILES string of the molecule is Cc1c(-c2ccc(Cl)cc2)nc2ccccc2c1C(=O)Nc1ccccc1C(C)C. The lowest BCUT2D eigenvalue weighted by Crippen LogP contribution is -2.16. The summed E-state index contributed by atoms with van der Waals surface area (Å²) >= 11 is 6.06. The normalized spacial score (nSPS) is 11.1. The second kappa shape index (κ2) is 8.29. The quantitative estimate of drug-likeness (QED) is 0.382. The topological polar surface area (TPSA) is 42.0 Å². The van der Waals surface area contributed by atoms with Gasteiger partial charge < -0.3 is 5.32 Å². The number of carbonyl (C=O) groups is 1. The number of hydrogen-bond donors (Lipinski definition) is 1. The summed E-state index contributed by atoms with van der Waals surface area (Å²) in [4.78, 5) is 18.3. The van der Waals surface area contributed by atoms with Crippen molar-refractivity contribution in [3.63, 3.8) is 0 Å². The molecule has 3 nitrogen and oxygen atoms in total. The second-order valence-electron chi connectivity index (χ2n) is 7.68. The van der Waals surface area contributed by atoms with Crippen molar-refractivity contribution < 1.29 is 4.79 Å². The van der Waals surface area contributed by atoms with E-state index < -0.39 is 0 Å². The highest BCUT2D eigenvalue weighted by molar-refractivity contribution is 6.30. The van der Waals surface area contributed by atoms with Gasteiger partial charge in [-0.15, -0.1) is 0 Å². The number of hydrogen-bond acceptors (Lipinski definition) is 2. The number of anilines is 1. The largest absolute Gasteiger partial charge is 0.322 e. The molecule has 0 unspecified atom stereocenters. The van der Waals surface area contributed by atoms with Crippen LogP contribution in [0.25, 0.3) is 22.2 Å². The van der Waals surface area contributed by atoms with E-state index in [0.717, 1.165) is 39.0 Å². The van der Waals surface area contributed by atoms with E-state index in [1.807, 2.05) is 73.7 Å². The van der Waals surface area contributed by atoms with E-state index in [1.54, 1.807) is 0 Å². The Balaban J connectivity index is 1.86. The highest BCUT2D eigenvalue weighted by Gasteiger charge is 2.20. The fourth-order valence-electron chi connectivity index (χ4n) is 3.79. The smallest absolute Gasteiger partial charge is 0.256 e. The summed E-state index contributed by atoms with van der Waals surface area (Å²) < 4.78 is 0. The van der Waals surface area contributed by atoms with E-state index in [0.29, 0.717) is 16.5 Å². The number of amides is 1. The third-order valence-electron chi connectivity index (χ3n) is 5.31. The average Bonchev–Trinajstić information content (AvgIpc) is 2.74. The van der Waals surface area contributed by atoms with Crippen LogP contribution in [-0.2, 0) is 0 Å². The zero-order valence-electron chi connectivity index (χ0n) is 17.2. The van der Waals surface area contributed by atoms with Gasteiger partial charge >= 0.3 is 0 Å². The standard InChI is InChI=1S/C26H23ClN2O/c1-16(2)20-8-4-6-10-22(20)29-26(30)24-17(3)25(18-12-14-19(27)15-13-18)28-23-11-7-5-9-21(23)24/h4-16H,1-3H3,(H,29,30). The van der Waals surface area contributed by atoms with Gasteiger partial charge in [0.1, 0.15) is 0 Å². The minimum Gasteiger partial charge on any atom is -0.322 e. The molecule has 0 spiro atoms. The molecule has 4 rings (SSSR count). The molecule has 0 bridgehead atoms. The van der Waals surface area contributed by atoms with Crippen LogP contribution in [0.15, 0.2) is 72.8 Å². The summed E-state index contributed by atoms with van der Waals surface area (Å²) in [5.41, 5.74) is 5.94. The Morgan fingerprint density at radius 1 is 0.933 bits per heavy atom. The third-order valence-corrected chi connectivity index (χ3v) is 5.56. The minimum atomic E-state index is -0.130. The van der Waals surface area contributed by atoms with Crippen molar-refractivity contribution in [1.29, 1.82) is 0 Å². The lowest BCUT2D eigenvalue weighted by Gasteiger charge is -2.17. The molecule has 4 aromatic rings. The van der Waals surface area contributed by atoms with Crippen molar-refractivity contribution in [3.8, 4) is 11.3 Å². The Hall–Kier alpha value is -3.17. The van der Waals surface area contributed by atoms with Gasteiger partial charge in [0.2, 0.25) is 0 Å². The highest BCUT2D eigenvalue weighted by atomic mass is 35.5. The summed E-state index contributed by atoms with van der Waals surface area (Å²) in [6, 6.07) is 23.2. The van der Waals surface area contributed by atoms with Crippen LogP contribution < -0.4 is 5.32 Å². The first kappa shape index (κ1) is 20.1. The third kappa shape index (κ3) is 3.81. The van der Waals surface area contributed by atoms with Gasteiger partial charge in [0.15, 0.2) is 0 Å². The number of aromatic nitrogens is 1. The van der Waals surface area contributed by atoms with Crippen LogP contribution in [0.1, 0.15) is 41.3 Å². The maximum absolute atomic E-state index is 13.5. The molecule has 150 valence electrons. The van der Waals surface area contributed by atoms with E-state index in [-0.39, 0.29) is 5.91 Å². The molecule has 1 heterocycles. The lowest BCUT2D eigenvalue weighted by atomic mass is 9.96. The molecule has 0 aliphatic carbocycles. The summed E-state index contributed by atoms with van der Waals surface area (Å²) in [5.74, 6) is 0.177. The molecular formula is C26H23ClN2O. The van der Waals surface area contributed by atoms with E-state index >= 15 is 0 Å². The van der Waals surface area contributed by atoms with Crippen LogP contribution in [-0.4, -0.2) is 10.9 Å². The Bertz CT molecular complexity index is 1230. The van der Waals surface area contributed by atoms with Gasteiger partial charge in [0.05, 0.1) is 16.8 Å². The fraction of sp³-hybridized carbons (Fsp3) is 0.154. The lowest BCUT2D eigenvalue weighted by molar-refractivity contribution is 0.102. The molecule has 0 saturated heterocycles. The van der Waals surface area contributed by atoms with Crippen molar-refractivity contribution >= 4 is 34.1 Å². The average molecular weight is 415 g/mol. The first-order chi connectivity index (χ1) is 14.5. The maximum Gasteiger partial charge on any atom is 0.256 e. The zero-order valence-corrected chi connectivity index (χ0v) is 18.0. The van der Waals surface area contributed by atoms with Crippen molar-refractivity contribution in [1.82, 2.24) is 4.98 Å². The number of nitrogens with zero attached hydrogens (tertiary/aromatic N) is 1. The number of fused-ring (bicyclic) bond motifs is 1. The Morgan fingerprint density at radius 3 is 2.33 bits per heavy atom. The first-order valence-corrected chi connectivity index (χ1v) is 10.4. The number of rotatable bonds is 4. The number of pyridine rings is 1. The van der Waals surface area contributed by atoms with Crippen LogP contribution in [0.4, 0.5) is 5.69 Å². The Morgan fingerprint density at radius 2 is 1.60 bits per heavy atom. The van der Waals surface area contributed by atoms with Crippen molar-refractivity contribution in [2.75, 3.05) is 5.32 Å². The molecule has 30 heavy (non-hydrogen) atoms. The minimum absolute atomic E-state index is 0.130. The molecule has 0 aliphatic rings. The van der Waals surface area contributed by atoms with Crippen molar-refractivity contribution in [3.05, 3.63) is 94.5 Å². The molecule has 0 atom stereocenters. The molecule has 4 heteroatoms. The van der Waals surface area contributed by atoms with E-state index in [9.17, 15) is 4.79 Å². The predicted molar refractivity (Wildman–Crippen MR) is 125 cm³/mol. The molecule has 1 N–H and O–H groups in total. The molecule has 3 aromatic carbocycles. The van der Waals surface area contributed by atoms with Crippen molar-refractivity contribution in [2.24, 2.45) is 0 Å². The summed E-state index contributed by atoms with van der Waals surface area (Å²) in [6.45, 7) is 6.19. The van der Waals surface area contributed by atoms with Crippen LogP contribution in [0, 0.1) is 6.92 Å². The van der Waals surface area contributed by atoms with E-state index in [4.69, 9.17) is 16.6 Å². The Labute approximate surface area is 181 Å². The summed E-state index contributed by atoms with van der Waals surface area (Å²) in [5, 5.41) is 4.65. The van der Waals surface area contributed by atoms with Gasteiger partial charge in [-0.1, -0.05) is 74.0 Å². The van der Waals surface area contributed by atoms with Gasteiger partial charge in [-0.05, 0) is 48.2 Å². The van der Waals surface area contributed by atoms with Crippen molar-refractivity contribution in [2.45, 2.75) is 26.7 Å². The molecule has 0 radical (unpaired) electrons. The molecule has 0 saturated carbocycles. The maximum atomic E-state index is 13.5. The van der Waals surface area contributed by atoms with Gasteiger partial charge in [0.25, 0.3) is 5.91 Å². The summed E-state index contributed by atoms with van der Waals surface area (Å²) in [7, 11) is 0. The van der Waals surface area contributed by atoms with E-state index in [2.05, 4.69) is 25.2 Å². The van der Waals surface area contributed by atoms with Gasteiger partial charge in [0, 0.05) is 21.7 Å². The molecular weight excluding hydrogens is 392 g/mol. The van der Waals surface area contributed by atoms with Crippen LogP contribution >= 0.6 is 11.6 Å². The van der Waals surface area contributed by atoms with E-state index in [1.165, 1.54) is 0 Å². The van der Waals surface area contributed by atoms with Crippen LogP contribution in [0.2, 0.25) is 5.02 Å². The van der Waals surface area contributed by atoms with Gasteiger partial charge in [-0.25, -0.2) is 4.98 Å². The molecule has 0 aliphatic heterocycles. The Kier molecular flexibility index (Phi) is 5.56. The molecule has 0 fully saturated rings. The fourth-order valence-corrected chi connectivity index (χ4v) is 3.91. The first-order valence-electron chi connectivity index (χ1n) is 10.0. The number of para-hydroxylation sites is 2. The van der Waals surface area contributed by atoms with Gasteiger partial charge in [-0.2, -0.15) is 0 Å². The number of halogens is 1. The van der Waals surface area contributed by atoms with Gasteiger partial charge in [-0.3, -0.25) is 4.79 Å². The monoisotopic (exact) mass is 414 g/mol. The molecule has 1 aromatic heterocycles. The summed E-state index contributed by atoms with van der Waals surface area (Å²) in [6.07, 6.45) is 0. The molecule has 1 amide bonds. The number of carbonyl (C=O) groups excluding carboxylic acids is 1. The van der Waals surface area contributed by atoms with Crippen LogP contribution in [0.3, 0.4) is 0 Å². The highest BCUT2D eigenvalue weighted by Crippen LogP contribution is 2.32. The number of benzene rings is 3. The van der Waals surface area contributed by atoms with Crippen LogP contribution in [0.5, 0.6) is 0 Å².